The Labute approximate surface area is 218 Å². The van der Waals surface area contributed by atoms with Crippen LogP contribution in [0, 0.1) is 19.8 Å². The van der Waals surface area contributed by atoms with E-state index in [9.17, 15) is 19.2 Å². The zero-order valence-electron chi connectivity index (χ0n) is 19.0. The van der Waals surface area contributed by atoms with Crippen LogP contribution in [-0.4, -0.2) is 34.8 Å². The van der Waals surface area contributed by atoms with Crippen LogP contribution >= 0.6 is 0 Å². The van der Waals surface area contributed by atoms with Gasteiger partial charge in [0.15, 0.2) is 0 Å². The summed E-state index contributed by atoms with van der Waals surface area (Å²) in [7, 11) is 0. The van der Waals surface area contributed by atoms with Crippen LogP contribution in [0.15, 0.2) is 48.5 Å². The van der Waals surface area contributed by atoms with E-state index in [0.717, 1.165) is 16.7 Å². The summed E-state index contributed by atoms with van der Waals surface area (Å²) in [6.45, 7) is 3.42. The van der Waals surface area contributed by atoms with E-state index in [1.165, 1.54) is 0 Å². The molecule has 8 nitrogen and oxygen atoms in total. The first kappa shape index (κ1) is 28.5. The molecule has 4 N–H and O–H groups in total. The van der Waals surface area contributed by atoms with Gasteiger partial charge in [-0.05, 0) is 49.9 Å². The molecule has 2 aromatic carbocycles. The van der Waals surface area contributed by atoms with Gasteiger partial charge < -0.3 is 17.8 Å². The average molecular weight is 527 g/mol. The summed E-state index contributed by atoms with van der Waals surface area (Å²) in [5, 5.41) is 11.6. The molecule has 2 aromatic rings. The minimum absolute atomic E-state index is 0. The first-order valence-corrected chi connectivity index (χ1v) is 9.98. The maximum atomic E-state index is 13.2. The first-order chi connectivity index (χ1) is 14.7. The third kappa shape index (κ3) is 6.71. The van der Waals surface area contributed by atoms with Gasteiger partial charge in [-0.3, -0.25) is 30.0 Å². The summed E-state index contributed by atoms with van der Waals surface area (Å²) < 4.78 is 0. The number of rotatable bonds is 6. The van der Waals surface area contributed by atoms with Crippen molar-refractivity contribution in [2.75, 3.05) is 0 Å². The second kappa shape index (κ2) is 12.0. The number of aliphatic carboxylic acids is 1. The fraction of sp³-hybridized carbons (Fsp3) is 0.292. The van der Waals surface area contributed by atoms with Gasteiger partial charge in [0.25, 0.3) is 11.8 Å². The summed E-state index contributed by atoms with van der Waals surface area (Å²) in [4.78, 5) is 49.7. The van der Waals surface area contributed by atoms with Crippen LogP contribution in [0.5, 0.6) is 0 Å². The van der Waals surface area contributed by atoms with Gasteiger partial charge in [-0.1, -0.05) is 42.0 Å². The largest absolute Gasteiger partial charge is 0.481 e. The molecule has 1 atom stereocenters. The van der Waals surface area contributed by atoms with E-state index >= 15 is 0 Å². The molecule has 1 aliphatic rings. The topological polar surface area (TPSA) is 125 Å². The van der Waals surface area contributed by atoms with Crippen molar-refractivity contribution in [3.8, 4) is 0 Å². The molecule has 0 spiro atoms. The summed E-state index contributed by atoms with van der Waals surface area (Å²) in [5.74, 6) is -2.77. The maximum absolute atomic E-state index is 13.2. The minimum atomic E-state index is -1.49. The van der Waals surface area contributed by atoms with E-state index < -0.39 is 35.1 Å². The Hall–Kier alpha value is -2.58. The molecule has 0 aliphatic heterocycles. The van der Waals surface area contributed by atoms with Crippen molar-refractivity contribution in [2.45, 2.75) is 39.2 Å². The van der Waals surface area contributed by atoms with Gasteiger partial charge in [0.2, 0.25) is 5.91 Å². The molecule has 0 bridgehead atoms. The number of benzene rings is 2. The number of carbonyl (C=O) groups is 4. The Morgan fingerprint density at radius 3 is 2.12 bits per heavy atom. The minimum Gasteiger partial charge on any atom is -0.481 e. The Balaban J connectivity index is 0.00000272. The maximum Gasteiger partial charge on any atom is 0.305 e. The zero-order chi connectivity index (χ0) is 22.6. The van der Waals surface area contributed by atoms with Crippen molar-refractivity contribution in [1.82, 2.24) is 16.2 Å². The SMILES string of the molecule is Cc1cccc(C(=O)NNC(=O)C2(C(=O)N[C@H](C)CC(=O)O)Cc3ccccc3C2)c1.[CH3-].[Y]. The molecule has 0 fully saturated rings. The van der Waals surface area contributed by atoms with Gasteiger partial charge in [0.05, 0.1) is 6.42 Å². The number of carboxylic acids is 1. The standard InChI is InChI=1S/C23H25N3O5.CH3.Y/c1-14-6-5-9-16(10-14)20(29)25-26-22(31)23(21(30)24-15(2)11-19(27)28)12-17-7-3-4-8-18(17)13-23;;/h3-10,15H,11-13H2,1-2H3,(H,24,30)(H,25,29)(H,26,31)(H,27,28);1H3;/q;-1;/t15-;;/m1../s1. The fourth-order valence-electron chi connectivity index (χ4n) is 3.81. The second-order valence-electron chi connectivity index (χ2n) is 7.95. The smallest absolute Gasteiger partial charge is 0.305 e. The fourth-order valence-corrected chi connectivity index (χ4v) is 3.81. The van der Waals surface area contributed by atoms with Crippen LogP contribution in [0.4, 0.5) is 0 Å². The van der Waals surface area contributed by atoms with E-state index in [4.69, 9.17) is 5.11 Å². The molecule has 0 unspecified atom stereocenters. The molecule has 0 heterocycles. The third-order valence-corrected chi connectivity index (χ3v) is 5.40. The third-order valence-electron chi connectivity index (χ3n) is 5.40. The van der Waals surface area contributed by atoms with Crippen LogP contribution in [-0.2, 0) is 59.9 Å². The number of carbonyl (C=O) groups excluding carboxylic acids is 3. The van der Waals surface area contributed by atoms with Gasteiger partial charge in [-0.15, -0.1) is 0 Å². The predicted octanol–water partition coefficient (Wildman–Crippen LogP) is 1.97. The number of aryl methyl sites for hydroxylation is 1. The number of fused-ring (bicyclic) bond motifs is 1. The Morgan fingerprint density at radius 2 is 1.58 bits per heavy atom. The molecule has 0 aromatic heterocycles. The van der Waals surface area contributed by atoms with E-state index in [1.54, 1.807) is 25.1 Å². The molecular weight excluding hydrogens is 499 g/mol. The molecule has 9 heteroatoms. The molecule has 0 saturated carbocycles. The van der Waals surface area contributed by atoms with Crippen molar-refractivity contribution in [1.29, 1.82) is 0 Å². The van der Waals surface area contributed by atoms with Crippen LogP contribution in [0.3, 0.4) is 0 Å². The molecule has 3 rings (SSSR count). The predicted molar refractivity (Wildman–Crippen MR) is 119 cm³/mol. The van der Waals surface area contributed by atoms with Crippen molar-refractivity contribution >= 4 is 23.7 Å². The summed E-state index contributed by atoms with van der Waals surface area (Å²) in [6, 6.07) is 13.6. The molecular formula is C24H28N3O5Y-. The average Bonchev–Trinajstić information content (AvgIpc) is 3.12. The van der Waals surface area contributed by atoms with Gasteiger partial charge in [0, 0.05) is 44.3 Å². The monoisotopic (exact) mass is 527 g/mol. The van der Waals surface area contributed by atoms with Crippen molar-refractivity contribution < 1.29 is 57.0 Å². The number of amides is 3. The van der Waals surface area contributed by atoms with Crippen molar-refractivity contribution in [2.24, 2.45) is 5.41 Å². The summed E-state index contributed by atoms with van der Waals surface area (Å²) in [5.41, 5.74) is 6.29. The quantitative estimate of drug-likeness (QED) is 0.260. The molecule has 173 valence electrons. The molecule has 33 heavy (non-hydrogen) atoms. The van der Waals surface area contributed by atoms with Crippen molar-refractivity contribution in [3.63, 3.8) is 0 Å². The number of hydrazine groups is 1. The molecule has 1 radical (unpaired) electrons. The molecule has 3 amide bonds. The number of carboxylic acid groups (broad SMARTS) is 1. The van der Waals surface area contributed by atoms with Crippen LogP contribution in [0.1, 0.15) is 40.4 Å². The number of hydrogen-bond acceptors (Lipinski definition) is 4. The number of hydrogen-bond donors (Lipinski definition) is 4. The summed E-state index contributed by atoms with van der Waals surface area (Å²) >= 11 is 0. The molecule has 0 saturated heterocycles. The Bertz CT molecular complexity index is 1020. The van der Waals surface area contributed by atoms with E-state index in [-0.39, 0.29) is 59.4 Å². The second-order valence-corrected chi connectivity index (χ2v) is 7.95. The van der Waals surface area contributed by atoms with E-state index in [1.807, 2.05) is 37.3 Å². The van der Waals surface area contributed by atoms with Gasteiger partial charge in [0.1, 0.15) is 5.41 Å². The Kier molecular flexibility index (Phi) is 10.4. The van der Waals surface area contributed by atoms with Crippen LogP contribution in [0.2, 0.25) is 0 Å². The van der Waals surface area contributed by atoms with Gasteiger partial charge >= 0.3 is 5.97 Å². The van der Waals surface area contributed by atoms with Gasteiger partial charge in [-0.25, -0.2) is 0 Å². The normalized spacial score (nSPS) is 13.9. The van der Waals surface area contributed by atoms with Crippen LogP contribution in [0.25, 0.3) is 0 Å². The zero-order valence-corrected chi connectivity index (χ0v) is 21.8. The van der Waals surface area contributed by atoms with Crippen molar-refractivity contribution in [3.05, 3.63) is 78.2 Å². The van der Waals surface area contributed by atoms with E-state index in [2.05, 4.69) is 16.2 Å². The first-order valence-electron chi connectivity index (χ1n) is 9.98. The van der Waals surface area contributed by atoms with Crippen LogP contribution < -0.4 is 16.2 Å². The van der Waals surface area contributed by atoms with Gasteiger partial charge in [-0.2, -0.15) is 0 Å². The van der Waals surface area contributed by atoms with E-state index in [0.29, 0.717) is 5.56 Å². The number of nitrogens with one attached hydrogen (secondary N) is 3. The molecule has 1 aliphatic carbocycles. The Morgan fingerprint density at radius 1 is 0.970 bits per heavy atom. The summed E-state index contributed by atoms with van der Waals surface area (Å²) in [6.07, 6.45) is 0.0440.